The van der Waals surface area contributed by atoms with E-state index in [0.717, 1.165) is 24.0 Å². The van der Waals surface area contributed by atoms with Crippen molar-refractivity contribution in [2.24, 2.45) is 0 Å². The van der Waals surface area contributed by atoms with Gasteiger partial charge in [0.1, 0.15) is 0 Å². The van der Waals surface area contributed by atoms with Gasteiger partial charge in [0, 0.05) is 0 Å². The second-order valence-electron chi connectivity index (χ2n) is 6.06. The fourth-order valence-corrected chi connectivity index (χ4v) is 2.00. The van der Waals surface area contributed by atoms with Crippen LogP contribution in [0.1, 0.15) is 37.3 Å². The third-order valence-electron chi connectivity index (χ3n) is 3.61. The van der Waals surface area contributed by atoms with Crippen LogP contribution in [-0.2, 0) is 39.0 Å². The Morgan fingerprint density at radius 1 is 0.933 bits per heavy atom. The van der Waals surface area contributed by atoms with Gasteiger partial charge in [-0.15, -0.1) is 31.1 Å². The number of para-hydroxylation sites is 2. The van der Waals surface area contributed by atoms with Crippen LogP contribution in [0.5, 0.6) is 11.5 Å². The van der Waals surface area contributed by atoms with Gasteiger partial charge >= 0.3 is 26.2 Å². The zero-order chi connectivity index (χ0) is 21.7. The summed E-state index contributed by atoms with van der Waals surface area (Å²) in [6, 6.07) is 14.0. The molecule has 0 atom stereocenters. The molecule has 156 valence electrons. The molecule has 30 heavy (non-hydrogen) atoms. The Hall–Kier alpha value is -2.12. The third-order valence-corrected chi connectivity index (χ3v) is 3.61. The van der Waals surface area contributed by atoms with E-state index in [0.29, 0.717) is 12.8 Å². The summed E-state index contributed by atoms with van der Waals surface area (Å²) in [7, 11) is 0. The molecule has 0 amide bonds. The van der Waals surface area contributed by atoms with Crippen LogP contribution >= 0.6 is 0 Å². The molecule has 0 saturated heterocycles. The minimum Gasteiger partial charge on any atom is -0.872 e. The molecule has 0 radical (unpaired) electrons. The van der Waals surface area contributed by atoms with Gasteiger partial charge in [-0.2, -0.15) is 12.5 Å². The fraction of sp³-hybridized carbons (Fsp3) is 0.222. The van der Waals surface area contributed by atoms with Crippen molar-refractivity contribution in [3.8, 4) is 11.5 Å². The van der Waals surface area contributed by atoms with Gasteiger partial charge in [0.05, 0.1) is 0 Å². The first-order chi connectivity index (χ1) is 14.1. The number of benzene rings is 2. The molecule has 0 aromatic heterocycles. The van der Waals surface area contributed by atoms with Crippen molar-refractivity contribution >= 4 is 0 Å². The fourth-order valence-electron chi connectivity index (χ4n) is 2.00. The number of rotatable bonds is 5. The molecule has 2 nitrogen and oxygen atoms in total. The van der Waals surface area contributed by atoms with E-state index in [1.165, 1.54) is 6.42 Å². The van der Waals surface area contributed by atoms with Crippen molar-refractivity contribution in [2.45, 2.75) is 39.0 Å². The van der Waals surface area contributed by atoms with Crippen LogP contribution in [0.3, 0.4) is 0 Å². The zero-order valence-corrected chi connectivity index (χ0v) is 20.4. The van der Waals surface area contributed by atoms with Crippen LogP contribution in [0.4, 0.5) is 0 Å². The number of allylic oxidation sites excluding steroid dienone is 6. The van der Waals surface area contributed by atoms with Gasteiger partial charge < -0.3 is 17.1 Å². The van der Waals surface area contributed by atoms with Crippen molar-refractivity contribution in [3.63, 3.8) is 0 Å². The Balaban J connectivity index is 0. The van der Waals surface area contributed by atoms with Crippen LogP contribution < -0.4 is 10.2 Å². The Bertz CT molecular complexity index is 685. The number of hydrogen-bond donors (Lipinski definition) is 0. The molecule has 1 aliphatic rings. The summed E-state index contributed by atoms with van der Waals surface area (Å²) in [6.45, 7) is 12.8. The average molecular weight is 480 g/mol. The number of unbranched alkanes of at least 4 members (excludes halogenated alkanes) is 1. The van der Waals surface area contributed by atoms with Crippen molar-refractivity contribution in [2.75, 3.05) is 0 Å². The molecule has 0 spiro atoms. The summed E-state index contributed by atoms with van der Waals surface area (Å²) in [6.07, 6.45) is 17.1. The van der Waals surface area contributed by atoms with Crippen molar-refractivity contribution < 1.29 is 36.4 Å². The molecule has 0 heterocycles. The first-order valence-electron chi connectivity index (χ1n) is 9.83. The molecule has 0 saturated carbocycles. The van der Waals surface area contributed by atoms with E-state index in [4.69, 9.17) is 0 Å². The first-order valence-corrected chi connectivity index (χ1v) is 9.83. The SMILES string of the molecule is C=CCc1ccccc1[O-].C=CCc1ccccc1[O-].[C-]1=CC=CC1.[CH2-]CCC.[Zr+4]. The molecule has 0 unspecified atom stereocenters. The number of hydrogen-bond acceptors (Lipinski definition) is 2. The second-order valence-corrected chi connectivity index (χ2v) is 6.06. The largest absolute Gasteiger partial charge is 4.00 e. The molecule has 3 heteroatoms. The van der Waals surface area contributed by atoms with Gasteiger partial charge in [-0.05, 0) is 12.8 Å². The van der Waals surface area contributed by atoms with E-state index >= 15 is 0 Å². The maximum absolute atomic E-state index is 11.0. The Kier molecular flexibility index (Phi) is 21.6. The van der Waals surface area contributed by atoms with Gasteiger partial charge in [0.15, 0.2) is 0 Å². The maximum atomic E-state index is 11.0. The van der Waals surface area contributed by atoms with Gasteiger partial charge in [-0.3, -0.25) is 6.08 Å². The van der Waals surface area contributed by atoms with E-state index in [1.54, 1.807) is 36.4 Å². The summed E-state index contributed by atoms with van der Waals surface area (Å²) in [4.78, 5) is 0. The summed E-state index contributed by atoms with van der Waals surface area (Å²) in [5.74, 6) is 0.199. The maximum Gasteiger partial charge on any atom is 4.00 e. The van der Waals surface area contributed by atoms with Crippen LogP contribution in [-0.4, -0.2) is 0 Å². The zero-order valence-electron chi connectivity index (χ0n) is 18.0. The quantitative estimate of drug-likeness (QED) is 0.396. The van der Waals surface area contributed by atoms with Gasteiger partial charge in [0.25, 0.3) is 0 Å². The summed E-state index contributed by atoms with van der Waals surface area (Å²) in [5.41, 5.74) is 1.63. The molecule has 2 aromatic carbocycles. The minimum absolute atomic E-state index is 0. The van der Waals surface area contributed by atoms with Crippen LogP contribution in [0.2, 0.25) is 0 Å². The van der Waals surface area contributed by atoms with E-state index < -0.39 is 0 Å². The van der Waals surface area contributed by atoms with Gasteiger partial charge in [-0.1, -0.05) is 85.2 Å². The predicted octanol–water partition coefficient (Wildman–Crippen LogP) is 5.90. The first kappa shape index (κ1) is 30.1. The molecule has 1 aliphatic carbocycles. The Morgan fingerprint density at radius 3 is 1.60 bits per heavy atom. The van der Waals surface area contributed by atoms with Crippen molar-refractivity contribution in [1.82, 2.24) is 0 Å². The van der Waals surface area contributed by atoms with Crippen LogP contribution in [0, 0.1) is 13.0 Å². The summed E-state index contributed by atoms with van der Waals surface area (Å²) < 4.78 is 0. The molecular formula is C27H32O2Zr. The second kappa shape index (κ2) is 21.6. The van der Waals surface area contributed by atoms with E-state index in [9.17, 15) is 10.2 Å². The predicted molar refractivity (Wildman–Crippen MR) is 121 cm³/mol. The average Bonchev–Trinajstić information content (AvgIpc) is 3.33. The van der Waals surface area contributed by atoms with Crippen molar-refractivity contribution in [3.05, 3.63) is 116 Å². The topological polar surface area (TPSA) is 46.1 Å². The summed E-state index contributed by atoms with van der Waals surface area (Å²) in [5, 5.41) is 21.9. The van der Waals surface area contributed by atoms with Crippen LogP contribution in [0.25, 0.3) is 0 Å². The van der Waals surface area contributed by atoms with Gasteiger partial charge in [-0.25, -0.2) is 12.2 Å². The molecule has 0 aliphatic heterocycles. The van der Waals surface area contributed by atoms with Gasteiger partial charge in [0.2, 0.25) is 0 Å². The van der Waals surface area contributed by atoms with Crippen molar-refractivity contribution in [1.29, 1.82) is 0 Å². The normalized spacial score (nSPS) is 10.1. The standard InChI is InChI=1S/2C9H10O.C5H5.C4H9.Zr/c2*1-2-5-8-6-3-4-7-9(8)10;1-2-4-5-3-1;1-3-4-2;/h2*2-4,6-7,10H,1,5H2;1-3H,4H2;1,3-4H2,2H3;/q;;2*-1;+4/p-2. The third kappa shape index (κ3) is 15.8. The van der Waals surface area contributed by atoms with Crippen LogP contribution in [0.15, 0.2) is 92.1 Å². The minimum atomic E-state index is 0. The molecular weight excluding hydrogens is 448 g/mol. The molecule has 3 rings (SSSR count). The molecule has 0 bridgehead atoms. The monoisotopic (exact) mass is 478 g/mol. The van der Waals surface area contributed by atoms with E-state index in [2.05, 4.69) is 39.2 Å². The summed E-state index contributed by atoms with van der Waals surface area (Å²) >= 11 is 0. The Morgan fingerprint density at radius 2 is 1.37 bits per heavy atom. The molecule has 0 fully saturated rings. The smallest absolute Gasteiger partial charge is 0.872 e. The van der Waals surface area contributed by atoms with E-state index in [1.807, 2.05) is 36.4 Å². The van der Waals surface area contributed by atoms with E-state index in [-0.39, 0.29) is 37.7 Å². The Labute approximate surface area is 202 Å². The molecule has 2 aromatic rings. The molecule has 0 N–H and O–H groups in total.